The molecule has 0 bridgehead atoms. The molecular formula is C23H26BrN5O2. The fourth-order valence-electron chi connectivity index (χ4n) is 3.75. The lowest BCUT2D eigenvalue weighted by Crippen LogP contribution is -2.33. The van der Waals surface area contributed by atoms with Gasteiger partial charge in [-0.1, -0.05) is 28.9 Å². The number of halogens is 1. The van der Waals surface area contributed by atoms with Crippen LogP contribution in [0.2, 0.25) is 0 Å². The van der Waals surface area contributed by atoms with Gasteiger partial charge in [-0.2, -0.15) is 0 Å². The van der Waals surface area contributed by atoms with Crippen molar-refractivity contribution in [1.82, 2.24) is 19.9 Å². The first-order valence-corrected chi connectivity index (χ1v) is 11.4. The molecule has 0 radical (unpaired) electrons. The summed E-state index contributed by atoms with van der Waals surface area (Å²) in [5.41, 5.74) is 1.45. The van der Waals surface area contributed by atoms with E-state index in [0.717, 1.165) is 34.9 Å². The Morgan fingerprint density at radius 1 is 1.19 bits per heavy atom. The molecule has 0 atom stereocenters. The minimum Gasteiger partial charge on any atom is -0.357 e. The van der Waals surface area contributed by atoms with Gasteiger partial charge >= 0.3 is 0 Å². The van der Waals surface area contributed by atoms with Crippen LogP contribution < -0.4 is 15.8 Å². The zero-order valence-electron chi connectivity index (χ0n) is 17.6. The van der Waals surface area contributed by atoms with Gasteiger partial charge in [0.15, 0.2) is 0 Å². The van der Waals surface area contributed by atoms with E-state index in [0.29, 0.717) is 17.4 Å². The van der Waals surface area contributed by atoms with Gasteiger partial charge in [0.1, 0.15) is 5.82 Å². The first-order valence-electron chi connectivity index (χ1n) is 10.6. The summed E-state index contributed by atoms with van der Waals surface area (Å²) in [5.74, 6) is 1.67. The number of carbonyl (C=O) groups excluding carboxylic acids is 1. The average molecular weight is 484 g/mol. The molecule has 0 saturated carbocycles. The summed E-state index contributed by atoms with van der Waals surface area (Å²) in [6.07, 6.45) is 5.93. The zero-order chi connectivity index (χ0) is 21.8. The molecular weight excluding hydrogens is 458 g/mol. The van der Waals surface area contributed by atoms with E-state index in [1.807, 2.05) is 24.4 Å². The molecule has 1 N–H and O–H groups in total. The molecule has 162 valence electrons. The Labute approximate surface area is 189 Å². The van der Waals surface area contributed by atoms with Crippen molar-refractivity contribution in [3.05, 3.63) is 63.2 Å². The van der Waals surface area contributed by atoms with Crippen molar-refractivity contribution in [2.75, 3.05) is 18.0 Å². The maximum Gasteiger partial charge on any atom is 0.261 e. The van der Waals surface area contributed by atoms with Crippen LogP contribution in [-0.4, -0.2) is 33.5 Å². The standard InChI is InChI=1S/C23H26BrN5O2/c1-16-6-9-28(10-7-16)21-5-2-17(13-25-21)14-26-22(30)8-11-29-15-27-20-4-3-18(24)12-19(20)23(29)31/h2-5,12-13,15-16H,6-11,14H2,1H3,(H,26,30). The highest BCUT2D eigenvalue weighted by molar-refractivity contribution is 9.10. The average Bonchev–Trinajstić information content (AvgIpc) is 2.78. The molecule has 1 amide bonds. The lowest BCUT2D eigenvalue weighted by Gasteiger charge is -2.31. The lowest BCUT2D eigenvalue weighted by atomic mass is 9.99. The molecule has 3 heterocycles. The van der Waals surface area contributed by atoms with E-state index in [1.54, 1.807) is 12.1 Å². The molecule has 0 spiro atoms. The number of piperidine rings is 1. The van der Waals surface area contributed by atoms with E-state index >= 15 is 0 Å². The second kappa shape index (κ2) is 9.60. The van der Waals surface area contributed by atoms with Gasteiger partial charge in [-0.3, -0.25) is 14.2 Å². The van der Waals surface area contributed by atoms with Crippen LogP contribution in [0.15, 0.2) is 52.1 Å². The van der Waals surface area contributed by atoms with E-state index in [-0.39, 0.29) is 24.4 Å². The Bertz CT molecular complexity index is 1120. The molecule has 0 unspecified atom stereocenters. The quantitative estimate of drug-likeness (QED) is 0.580. The molecule has 1 saturated heterocycles. The minimum atomic E-state index is -0.147. The van der Waals surface area contributed by atoms with Crippen LogP contribution in [0.3, 0.4) is 0 Å². The highest BCUT2D eigenvalue weighted by Gasteiger charge is 2.16. The second-order valence-electron chi connectivity index (χ2n) is 8.13. The third kappa shape index (κ3) is 5.31. The number of hydrogen-bond acceptors (Lipinski definition) is 5. The van der Waals surface area contributed by atoms with Gasteiger partial charge in [-0.05, 0) is 48.6 Å². The highest BCUT2D eigenvalue weighted by atomic mass is 79.9. The number of rotatable bonds is 6. The number of nitrogens with one attached hydrogen (secondary N) is 1. The molecule has 1 aromatic carbocycles. The number of fused-ring (bicyclic) bond motifs is 1. The second-order valence-corrected chi connectivity index (χ2v) is 9.04. The lowest BCUT2D eigenvalue weighted by molar-refractivity contribution is -0.121. The molecule has 4 rings (SSSR count). The molecule has 1 aliphatic heterocycles. The van der Waals surface area contributed by atoms with Crippen LogP contribution in [-0.2, 0) is 17.9 Å². The van der Waals surface area contributed by atoms with Gasteiger partial charge in [0.25, 0.3) is 5.56 Å². The van der Waals surface area contributed by atoms with Gasteiger partial charge < -0.3 is 10.2 Å². The summed E-state index contributed by atoms with van der Waals surface area (Å²) in [6, 6.07) is 9.43. The van der Waals surface area contributed by atoms with Gasteiger partial charge in [-0.15, -0.1) is 0 Å². The first-order chi connectivity index (χ1) is 15.0. The first kappa shape index (κ1) is 21.5. The van der Waals surface area contributed by atoms with Crippen LogP contribution in [0.1, 0.15) is 31.7 Å². The van der Waals surface area contributed by atoms with Crippen molar-refractivity contribution in [2.45, 2.75) is 39.3 Å². The number of pyridine rings is 1. The topological polar surface area (TPSA) is 80.1 Å². The molecule has 2 aromatic heterocycles. The van der Waals surface area contributed by atoms with Crippen LogP contribution >= 0.6 is 15.9 Å². The maximum atomic E-state index is 12.6. The molecule has 8 heteroatoms. The van der Waals surface area contributed by atoms with Crippen LogP contribution in [0.4, 0.5) is 5.82 Å². The van der Waals surface area contributed by atoms with E-state index in [9.17, 15) is 9.59 Å². The number of amides is 1. The predicted molar refractivity (Wildman–Crippen MR) is 125 cm³/mol. The van der Waals surface area contributed by atoms with Crippen molar-refractivity contribution >= 4 is 38.6 Å². The third-order valence-electron chi connectivity index (χ3n) is 5.77. The normalized spacial score (nSPS) is 14.7. The third-order valence-corrected chi connectivity index (χ3v) is 6.27. The summed E-state index contributed by atoms with van der Waals surface area (Å²) in [5, 5.41) is 3.44. The Kier molecular flexibility index (Phi) is 6.65. The number of nitrogens with zero attached hydrogens (tertiary/aromatic N) is 4. The predicted octanol–water partition coefficient (Wildman–Crippen LogP) is 3.50. The Morgan fingerprint density at radius 3 is 2.74 bits per heavy atom. The minimum absolute atomic E-state index is 0.115. The number of benzene rings is 1. The number of aromatic nitrogens is 3. The molecule has 0 aliphatic carbocycles. The molecule has 1 aliphatic rings. The van der Waals surface area contributed by atoms with E-state index in [4.69, 9.17) is 0 Å². The van der Waals surface area contributed by atoms with E-state index in [1.165, 1.54) is 23.7 Å². The summed E-state index contributed by atoms with van der Waals surface area (Å²) in [4.78, 5) is 36.1. The fourth-order valence-corrected chi connectivity index (χ4v) is 4.11. The Morgan fingerprint density at radius 2 is 2.00 bits per heavy atom. The highest BCUT2D eigenvalue weighted by Crippen LogP contribution is 2.21. The number of aryl methyl sites for hydroxylation is 1. The summed E-state index contributed by atoms with van der Waals surface area (Å²) >= 11 is 3.38. The number of carbonyl (C=O) groups is 1. The Hall–Kier alpha value is -2.74. The van der Waals surface area contributed by atoms with Crippen molar-refractivity contribution in [1.29, 1.82) is 0 Å². The van der Waals surface area contributed by atoms with Crippen molar-refractivity contribution < 1.29 is 4.79 Å². The van der Waals surface area contributed by atoms with Gasteiger partial charge in [-0.25, -0.2) is 9.97 Å². The zero-order valence-corrected chi connectivity index (χ0v) is 19.1. The largest absolute Gasteiger partial charge is 0.357 e. The van der Waals surface area contributed by atoms with Crippen LogP contribution in [0, 0.1) is 5.92 Å². The smallest absolute Gasteiger partial charge is 0.261 e. The number of hydrogen-bond donors (Lipinski definition) is 1. The van der Waals surface area contributed by atoms with Crippen LogP contribution in [0.25, 0.3) is 10.9 Å². The summed E-state index contributed by atoms with van der Waals surface area (Å²) in [7, 11) is 0. The number of anilines is 1. The molecule has 1 fully saturated rings. The molecule has 31 heavy (non-hydrogen) atoms. The summed E-state index contributed by atoms with van der Waals surface area (Å²) < 4.78 is 2.30. The van der Waals surface area contributed by atoms with E-state index in [2.05, 4.69) is 43.0 Å². The fraction of sp³-hybridized carbons (Fsp3) is 0.391. The van der Waals surface area contributed by atoms with Crippen molar-refractivity contribution in [2.24, 2.45) is 5.92 Å². The van der Waals surface area contributed by atoms with Crippen LogP contribution in [0.5, 0.6) is 0 Å². The van der Waals surface area contributed by atoms with Gasteiger partial charge in [0.2, 0.25) is 5.91 Å². The van der Waals surface area contributed by atoms with Crippen molar-refractivity contribution in [3.63, 3.8) is 0 Å². The van der Waals surface area contributed by atoms with Gasteiger partial charge in [0.05, 0.1) is 17.2 Å². The van der Waals surface area contributed by atoms with E-state index < -0.39 is 0 Å². The molecule has 3 aromatic rings. The maximum absolute atomic E-state index is 12.6. The molecule has 7 nitrogen and oxygen atoms in total. The SMILES string of the molecule is CC1CCN(c2ccc(CNC(=O)CCn3cnc4ccc(Br)cc4c3=O)cn2)CC1. The monoisotopic (exact) mass is 483 g/mol. The van der Waals surface area contributed by atoms with Gasteiger partial charge in [0, 0.05) is 43.3 Å². The van der Waals surface area contributed by atoms with Crippen molar-refractivity contribution in [3.8, 4) is 0 Å². The Balaban J connectivity index is 1.29. The summed E-state index contributed by atoms with van der Waals surface area (Å²) in [6.45, 7) is 5.09.